The van der Waals surface area contributed by atoms with E-state index in [0.29, 0.717) is 23.0 Å². The summed E-state index contributed by atoms with van der Waals surface area (Å²) in [6, 6.07) is 8.34. The molecule has 0 aromatic heterocycles. The number of hydrogen-bond acceptors (Lipinski definition) is 8. The number of ether oxygens (including phenoxy) is 1. The van der Waals surface area contributed by atoms with Gasteiger partial charge in [0.25, 0.3) is 10.1 Å². The van der Waals surface area contributed by atoms with Crippen LogP contribution in [-0.2, 0) is 24.4 Å². The number of carbonyl (C=O) groups is 3. The molecule has 2 rings (SSSR count). The van der Waals surface area contributed by atoms with Gasteiger partial charge in [0.1, 0.15) is 16.5 Å². The van der Waals surface area contributed by atoms with E-state index in [2.05, 4.69) is 16.0 Å². The zero-order valence-corrected chi connectivity index (χ0v) is 21.2. The topological polar surface area (TPSA) is 171 Å². The van der Waals surface area contributed by atoms with Gasteiger partial charge in [0, 0.05) is 36.7 Å². The van der Waals surface area contributed by atoms with Gasteiger partial charge in [-0.25, -0.2) is 9.59 Å². The quantitative estimate of drug-likeness (QED) is 0.215. The molecule has 0 aliphatic rings. The van der Waals surface area contributed by atoms with Gasteiger partial charge in [-0.1, -0.05) is 24.3 Å². The van der Waals surface area contributed by atoms with Crippen LogP contribution >= 0.6 is 11.8 Å². The molecule has 0 aliphatic carbocycles. The smallest absolute Gasteiger partial charge is 0.408 e. The summed E-state index contributed by atoms with van der Waals surface area (Å²) in [6.45, 7) is 5.57. The van der Waals surface area contributed by atoms with Gasteiger partial charge in [-0.2, -0.15) is 8.42 Å². The van der Waals surface area contributed by atoms with E-state index < -0.39 is 33.8 Å². The van der Waals surface area contributed by atoms with Gasteiger partial charge in [0.05, 0.1) is 5.75 Å². The summed E-state index contributed by atoms with van der Waals surface area (Å²) in [4.78, 5) is 35.0. The number of amides is 2. The molecule has 2 amide bonds. The minimum Gasteiger partial charge on any atom is -0.480 e. The molecule has 0 bridgehead atoms. The van der Waals surface area contributed by atoms with Crippen LogP contribution in [-0.4, -0.2) is 72.3 Å². The van der Waals surface area contributed by atoms with Gasteiger partial charge < -0.3 is 25.8 Å². The maximum absolute atomic E-state index is 12.1. The van der Waals surface area contributed by atoms with Gasteiger partial charge in [0.2, 0.25) is 5.91 Å². The van der Waals surface area contributed by atoms with Crippen molar-refractivity contribution in [1.29, 1.82) is 0 Å². The third kappa shape index (κ3) is 9.26. The molecule has 0 saturated carbocycles. The van der Waals surface area contributed by atoms with E-state index in [4.69, 9.17) is 4.74 Å². The molecule has 13 heteroatoms. The molecular weight excluding hydrogens is 498 g/mol. The highest BCUT2D eigenvalue weighted by atomic mass is 32.2. The van der Waals surface area contributed by atoms with Crippen LogP contribution < -0.4 is 16.0 Å². The number of hydrogen-bond donors (Lipinski definition) is 5. The zero-order valence-electron chi connectivity index (χ0n) is 19.5. The first-order valence-corrected chi connectivity index (χ1v) is 13.2. The summed E-state index contributed by atoms with van der Waals surface area (Å²) in [5.41, 5.74) is -0.131. The first-order chi connectivity index (χ1) is 16.3. The van der Waals surface area contributed by atoms with Crippen LogP contribution in [0.3, 0.4) is 0 Å². The number of benzene rings is 2. The van der Waals surface area contributed by atoms with Crippen molar-refractivity contribution in [3.05, 3.63) is 36.4 Å². The highest BCUT2D eigenvalue weighted by molar-refractivity contribution is 8.00. The Labute approximate surface area is 209 Å². The average Bonchev–Trinajstić information content (AvgIpc) is 2.73. The predicted octanol–water partition coefficient (Wildman–Crippen LogP) is 2.57. The normalized spacial score (nSPS) is 12.6. The lowest BCUT2D eigenvalue weighted by molar-refractivity contribution is -0.138. The van der Waals surface area contributed by atoms with Crippen molar-refractivity contribution in [3.8, 4) is 0 Å². The zero-order chi connectivity index (χ0) is 26.2. The number of fused-ring (bicyclic) bond motifs is 1. The average molecular weight is 530 g/mol. The summed E-state index contributed by atoms with van der Waals surface area (Å²) in [7, 11) is -4.37. The maximum Gasteiger partial charge on any atom is 0.408 e. The number of nitrogens with one attached hydrogen (secondary N) is 3. The van der Waals surface area contributed by atoms with Gasteiger partial charge in [-0.05, 0) is 32.9 Å². The highest BCUT2D eigenvalue weighted by Crippen LogP contribution is 2.28. The van der Waals surface area contributed by atoms with Gasteiger partial charge in [-0.3, -0.25) is 9.35 Å². The molecule has 0 spiro atoms. The number of aliphatic carboxylic acids is 1. The van der Waals surface area contributed by atoms with Crippen molar-refractivity contribution in [1.82, 2.24) is 10.6 Å². The van der Waals surface area contributed by atoms with Gasteiger partial charge in [-0.15, -0.1) is 11.8 Å². The molecular formula is C22H31N3O8S2. The third-order valence-electron chi connectivity index (χ3n) is 4.43. The van der Waals surface area contributed by atoms with Crippen molar-refractivity contribution in [2.75, 3.05) is 29.9 Å². The number of rotatable bonds is 11. The number of carbonyl (C=O) groups excluding carboxylic acids is 2. The predicted molar refractivity (Wildman–Crippen MR) is 135 cm³/mol. The highest BCUT2D eigenvalue weighted by Gasteiger charge is 2.24. The molecule has 0 radical (unpaired) electrons. The Hall–Kier alpha value is -3.03. The summed E-state index contributed by atoms with van der Waals surface area (Å²) in [5, 5.41) is 18.3. The second-order valence-electron chi connectivity index (χ2n) is 8.46. The molecule has 35 heavy (non-hydrogen) atoms. The van der Waals surface area contributed by atoms with Crippen molar-refractivity contribution >= 4 is 56.3 Å². The minimum atomic E-state index is -4.37. The Balaban J connectivity index is 0.00000648. The molecule has 194 valence electrons. The molecule has 1 unspecified atom stereocenters. The van der Waals surface area contributed by atoms with Crippen LogP contribution in [0.5, 0.6) is 0 Å². The van der Waals surface area contributed by atoms with E-state index in [9.17, 15) is 32.5 Å². The van der Waals surface area contributed by atoms with Crippen LogP contribution in [0.15, 0.2) is 41.3 Å². The standard InChI is InChI=1S/C22H29N3O8S2.H2/c1-22(2,3)33-21(29)25-17(20(27)28)12-34-13-19(26)24-11-10-23-16-8-4-7-15-14(16)6-5-9-18(15)35(30,31)32;/h4-9,17,23H,10-13H2,1-3H3,(H,24,26)(H,25,29)(H,27,28)(H,30,31,32);1H. The maximum atomic E-state index is 12.1. The number of thioether (sulfide) groups is 1. The number of alkyl carbamates (subject to hydrolysis) is 1. The summed E-state index contributed by atoms with van der Waals surface area (Å²) < 4.78 is 37.7. The van der Waals surface area contributed by atoms with Gasteiger partial charge >= 0.3 is 12.1 Å². The van der Waals surface area contributed by atoms with E-state index in [1.54, 1.807) is 45.0 Å². The number of carboxylic acids is 1. The molecule has 0 saturated heterocycles. The number of anilines is 1. The lowest BCUT2D eigenvalue weighted by Gasteiger charge is -2.21. The number of carboxylic acid groups (broad SMARTS) is 1. The molecule has 2 aromatic carbocycles. The first-order valence-electron chi connectivity index (χ1n) is 10.6. The van der Waals surface area contributed by atoms with Crippen LogP contribution in [0.2, 0.25) is 0 Å². The van der Waals surface area contributed by atoms with Crippen molar-refractivity contribution in [2.24, 2.45) is 0 Å². The SMILES string of the molecule is CC(C)(C)OC(=O)NC(CSCC(=O)NCCNc1cccc2c(S(=O)(=O)O)cccc12)C(=O)O.[HH]. The second kappa shape index (κ2) is 12.1. The fourth-order valence-corrected chi connectivity index (χ4v) is 4.58. The summed E-state index contributed by atoms with van der Waals surface area (Å²) in [6.07, 6.45) is -0.849. The molecule has 0 aliphatic heterocycles. The van der Waals surface area contributed by atoms with E-state index in [-0.39, 0.29) is 30.3 Å². The Morgan fingerprint density at radius 1 is 1.09 bits per heavy atom. The van der Waals surface area contributed by atoms with Crippen LogP contribution in [0.4, 0.5) is 10.5 Å². The minimum absolute atomic E-state index is 0. The first kappa shape index (κ1) is 28.2. The lowest BCUT2D eigenvalue weighted by Crippen LogP contribution is -2.45. The van der Waals surface area contributed by atoms with Crippen LogP contribution in [0, 0.1) is 0 Å². The third-order valence-corrected chi connectivity index (χ3v) is 6.38. The van der Waals surface area contributed by atoms with Crippen LogP contribution in [0.25, 0.3) is 10.8 Å². The van der Waals surface area contributed by atoms with E-state index in [1.165, 1.54) is 12.1 Å². The Morgan fingerprint density at radius 2 is 1.74 bits per heavy atom. The fraction of sp³-hybridized carbons (Fsp3) is 0.409. The second-order valence-corrected chi connectivity index (χ2v) is 10.9. The van der Waals surface area contributed by atoms with E-state index in [0.717, 1.165) is 11.8 Å². The van der Waals surface area contributed by atoms with Gasteiger partial charge in [0.15, 0.2) is 0 Å². The Morgan fingerprint density at radius 3 is 2.37 bits per heavy atom. The van der Waals surface area contributed by atoms with Crippen LogP contribution in [0.1, 0.15) is 22.2 Å². The lowest BCUT2D eigenvalue weighted by atomic mass is 10.1. The Bertz CT molecular complexity index is 1190. The van der Waals surface area contributed by atoms with E-state index in [1.807, 2.05) is 0 Å². The molecule has 5 N–H and O–H groups in total. The van der Waals surface area contributed by atoms with Crippen molar-refractivity contribution in [2.45, 2.75) is 37.3 Å². The molecule has 0 fully saturated rings. The fourth-order valence-electron chi connectivity index (χ4n) is 3.00. The van der Waals surface area contributed by atoms with Crippen molar-refractivity contribution in [3.63, 3.8) is 0 Å². The van der Waals surface area contributed by atoms with E-state index >= 15 is 0 Å². The largest absolute Gasteiger partial charge is 0.480 e. The summed E-state index contributed by atoms with van der Waals surface area (Å²) >= 11 is 1.05. The molecule has 0 heterocycles. The molecule has 2 aromatic rings. The van der Waals surface area contributed by atoms with Crippen molar-refractivity contribution < 1.29 is 38.6 Å². The molecule has 11 nitrogen and oxygen atoms in total. The Kier molecular flexibility index (Phi) is 9.74. The summed E-state index contributed by atoms with van der Waals surface area (Å²) in [5.74, 6) is -1.58. The monoisotopic (exact) mass is 529 g/mol. The molecule has 1 atom stereocenters.